The number of hydrazine groups is 1. The molecule has 0 heterocycles. The highest BCUT2D eigenvalue weighted by Gasteiger charge is 2.09. The van der Waals surface area contributed by atoms with Crippen molar-refractivity contribution in [1.29, 1.82) is 0 Å². The van der Waals surface area contributed by atoms with Gasteiger partial charge in [-0.05, 0) is 61.5 Å². The van der Waals surface area contributed by atoms with Gasteiger partial charge in [-0.1, -0.05) is 6.07 Å². The molecule has 0 fully saturated rings. The Morgan fingerprint density at radius 3 is 2.17 bits per heavy atom. The van der Waals surface area contributed by atoms with Gasteiger partial charge in [0.15, 0.2) is 5.11 Å². The molecule has 3 N–H and O–H groups in total. The van der Waals surface area contributed by atoms with Crippen LogP contribution in [0.3, 0.4) is 0 Å². The number of carbonyl (C=O) groups excluding carboxylic acids is 1. The number of rotatable bonds is 3. The molecule has 0 bridgehead atoms. The summed E-state index contributed by atoms with van der Waals surface area (Å²) in [7, 11) is 0. The number of nitro groups is 1. The molecule has 2 aromatic carbocycles. The van der Waals surface area contributed by atoms with Gasteiger partial charge in [0.25, 0.3) is 11.6 Å². The quantitative estimate of drug-likeness (QED) is 0.450. The van der Waals surface area contributed by atoms with Crippen LogP contribution >= 0.6 is 12.2 Å². The van der Waals surface area contributed by atoms with Gasteiger partial charge in [0.1, 0.15) is 0 Å². The summed E-state index contributed by atoms with van der Waals surface area (Å²) >= 11 is 5.12. The Balaban J connectivity index is 1.91. The van der Waals surface area contributed by atoms with Crippen molar-refractivity contribution in [3.8, 4) is 0 Å². The molecular formula is C16H16N4O3S. The number of aryl methyl sites for hydroxylation is 2. The van der Waals surface area contributed by atoms with Crippen LogP contribution in [0.5, 0.6) is 0 Å². The van der Waals surface area contributed by atoms with Crippen molar-refractivity contribution in [3.05, 3.63) is 69.3 Å². The van der Waals surface area contributed by atoms with Crippen LogP contribution in [0.4, 0.5) is 11.4 Å². The molecule has 7 nitrogen and oxygen atoms in total. The minimum absolute atomic E-state index is 0.0773. The molecule has 0 spiro atoms. The van der Waals surface area contributed by atoms with Gasteiger partial charge in [-0.25, -0.2) is 0 Å². The van der Waals surface area contributed by atoms with E-state index in [1.807, 2.05) is 32.0 Å². The number of hydrogen-bond donors (Lipinski definition) is 3. The molecule has 1 amide bonds. The Morgan fingerprint density at radius 2 is 1.62 bits per heavy atom. The molecule has 0 radical (unpaired) electrons. The minimum atomic E-state index is -0.525. The van der Waals surface area contributed by atoms with Gasteiger partial charge in [0.2, 0.25) is 0 Å². The smallest absolute Gasteiger partial charge is 0.269 e. The van der Waals surface area contributed by atoms with E-state index in [0.717, 1.165) is 16.8 Å². The van der Waals surface area contributed by atoms with E-state index in [-0.39, 0.29) is 16.4 Å². The number of hydrogen-bond acceptors (Lipinski definition) is 4. The van der Waals surface area contributed by atoms with Crippen LogP contribution in [-0.2, 0) is 0 Å². The molecule has 124 valence electrons. The fraction of sp³-hybridized carbons (Fsp3) is 0.125. The van der Waals surface area contributed by atoms with Crippen molar-refractivity contribution in [2.45, 2.75) is 13.8 Å². The number of thiocarbonyl (C=S) groups is 1. The highest BCUT2D eigenvalue weighted by atomic mass is 32.1. The number of amides is 1. The van der Waals surface area contributed by atoms with E-state index in [9.17, 15) is 14.9 Å². The Labute approximate surface area is 144 Å². The Morgan fingerprint density at radius 1 is 1.04 bits per heavy atom. The summed E-state index contributed by atoms with van der Waals surface area (Å²) in [6.45, 7) is 3.95. The number of nitrogens with one attached hydrogen (secondary N) is 3. The summed E-state index contributed by atoms with van der Waals surface area (Å²) < 4.78 is 0. The minimum Gasteiger partial charge on any atom is -0.331 e. The normalized spacial score (nSPS) is 9.92. The standard InChI is InChI=1S/C16H16N4O3S/c1-10-7-11(2)9-13(8-10)17-16(24)19-18-15(21)12-3-5-14(6-4-12)20(22)23/h3-9H,1-2H3,(H,18,21)(H2,17,19,24). The first-order chi connectivity index (χ1) is 11.3. The number of nitrogens with zero attached hydrogens (tertiary/aromatic N) is 1. The van der Waals surface area contributed by atoms with E-state index in [1.165, 1.54) is 24.3 Å². The average molecular weight is 344 g/mol. The van der Waals surface area contributed by atoms with Gasteiger partial charge in [-0.15, -0.1) is 0 Å². The first-order valence-corrected chi connectivity index (χ1v) is 7.46. The first-order valence-electron chi connectivity index (χ1n) is 7.05. The molecule has 0 atom stereocenters. The SMILES string of the molecule is Cc1cc(C)cc(NC(=S)NNC(=O)c2ccc([N+](=O)[O-])cc2)c1. The number of carbonyl (C=O) groups is 1. The fourth-order valence-corrected chi connectivity index (χ4v) is 2.30. The predicted molar refractivity (Wildman–Crippen MR) is 95.8 cm³/mol. The van der Waals surface area contributed by atoms with Crippen molar-refractivity contribution in [2.24, 2.45) is 0 Å². The summed E-state index contributed by atoms with van der Waals surface area (Å²) in [5.74, 6) is -0.450. The molecule has 24 heavy (non-hydrogen) atoms. The maximum absolute atomic E-state index is 12.0. The lowest BCUT2D eigenvalue weighted by Crippen LogP contribution is -2.43. The number of anilines is 1. The van der Waals surface area contributed by atoms with Gasteiger partial charge in [-0.2, -0.15) is 0 Å². The molecule has 0 aliphatic heterocycles. The Hall–Kier alpha value is -3.00. The average Bonchev–Trinajstić information content (AvgIpc) is 2.51. The van der Waals surface area contributed by atoms with Crippen LogP contribution in [0.1, 0.15) is 21.5 Å². The Bertz CT molecular complexity index is 770. The van der Waals surface area contributed by atoms with Crippen LogP contribution < -0.4 is 16.2 Å². The van der Waals surface area contributed by atoms with Crippen LogP contribution in [-0.4, -0.2) is 15.9 Å². The van der Waals surface area contributed by atoms with Gasteiger partial charge in [0.05, 0.1) is 4.92 Å². The molecule has 0 aliphatic rings. The van der Waals surface area contributed by atoms with E-state index in [2.05, 4.69) is 16.2 Å². The van der Waals surface area contributed by atoms with E-state index >= 15 is 0 Å². The van der Waals surface area contributed by atoms with E-state index in [1.54, 1.807) is 0 Å². The number of non-ortho nitro benzene ring substituents is 1. The van der Waals surface area contributed by atoms with Crippen molar-refractivity contribution in [2.75, 3.05) is 5.32 Å². The lowest BCUT2D eigenvalue weighted by molar-refractivity contribution is -0.384. The largest absolute Gasteiger partial charge is 0.331 e. The number of nitro benzene ring substituents is 1. The molecule has 0 aliphatic carbocycles. The summed E-state index contributed by atoms with van der Waals surface area (Å²) in [5.41, 5.74) is 8.23. The summed E-state index contributed by atoms with van der Waals surface area (Å²) in [6, 6.07) is 11.2. The summed E-state index contributed by atoms with van der Waals surface area (Å²) in [5, 5.41) is 13.8. The zero-order chi connectivity index (χ0) is 17.7. The lowest BCUT2D eigenvalue weighted by atomic mass is 10.1. The second kappa shape index (κ2) is 7.51. The molecule has 0 unspecified atom stereocenters. The van der Waals surface area contributed by atoms with Crippen LogP contribution in [0.25, 0.3) is 0 Å². The lowest BCUT2D eigenvalue weighted by Gasteiger charge is -2.12. The monoisotopic (exact) mass is 344 g/mol. The highest BCUT2D eigenvalue weighted by Crippen LogP contribution is 2.13. The summed E-state index contributed by atoms with van der Waals surface area (Å²) in [6.07, 6.45) is 0. The van der Waals surface area contributed by atoms with Gasteiger partial charge in [-0.3, -0.25) is 25.8 Å². The van der Waals surface area contributed by atoms with Gasteiger partial charge < -0.3 is 5.32 Å². The van der Waals surface area contributed by atoms with E-state index in [0.29, 0.717) is 0 Å². The summed E-state index contributed by atoms with van der Waals surface area (Å²) in [4.78, 5) is 22.0. The zero-order valence-corrected chi connectivity index (χ0v) is 13.9. The molecule has 0 saturated carbocycles. The van der Waals surface area contributed by atoms with E-state index in [4.69, 9.17) is 12.2 Å². The van der Waals surface area contributed by atoms with Crippen molar-refractivity contribution >= 4 is 34.6 Å². The van der Waals surface area contributed by atoms with Crippen LogP contribution in [0.15, 0.2) is 42.5 Å². The third-order valence-corrected chi connectivity index (χ3v) is 3.31. The molecule has 0 aromatic heterocycles. The molecule has 2 rings (SSSR count). The zero-order valence-electron chi connectivity index (χ0n) is 13.1. The van der Waals surface area contributed by atoms with Gasteiger partial charge >= 0.3 is 0 Å². The third-order valence-electron chi connectivity index (χ3n) is 3.11. The predicted octanol–water partition coefficient (Wildman–Crippen LogP) is 2.84. The second-order valence-electron chi connectivity index (χ2n) is 5.21. The first kappa shape index (κ1) is 17.4. The molecule has 8 heteroatoms. The molecule has 2 aromatic rings. The van der Waals surface area contributed by atoms with Gasteiger partial charge in [0, 0.05) is 23.4 Å². The number of benzene rings is 2. The Kier molecular flexibility index (Phi) is 5.43. The van der Waals surface area contributed by atoms with Crippen molar-refractivity contribution < 1.29 is 9.72 Å². The molecule has 0 saturated heterocycles. The maximum atomic E-state index is 12.0. The van der Waals surface area contributed by atoms with E-state index < -0.39 is 10.8 Å². The third kappa shape index (κ3) is 4.75. The molecular weight excluding hydrogens is 328 g/mol. The van der Waals surface area contributed by atoms with Crippen molar-refractivity contribution in [1.82, 2.24) is 10.9 Å². The maximum Gasteiger partial charge on any atom is 0.269 e. The second-order valence-corrected chi connectivity index (χ2v) is 5.62. The van der Waals surface area contributed by atoms with Crippen molar-refractivity contribution in [3.63, 3.8) is 0 Å². The van der Waals surface area contributed by atoms with Crippen LogP contribution in [0.2, 0.25) is 0 Å². The highest BCUT2D eigenvalue weighted by molar-refractivity contribution is 7.80. The topological polar surface area (TPSA) is 96.3 Å². The fourth-order valence-electron chi connectivity index (χ4n) is 2.13. The van der Waals surface area contributed by atoms with Crippen LogP contribution in [0, 0.1) is 24.0 Å².